The summed E-state index contributed by atoms with van der Waals surface area (Å²) in [5, 5.41) is 18.0. The first kappa shape index (κ1) is 15.3. The fourth-order valence-corrected chi connectivity index (χ4v) is 3.21. The zero-order chi connectivity index (χ0) is 16.2. The molecule has 0 amide bonds. The lowest BCUT2D eigenvalue weighted by Gasteiger charge is -2.02. The number of fused-ring (bicyclic) bond motifs is 1. The number of aryl methyl sites for hydroxylation is 1. The zero-order valence-electron chi connectivity index (χ0n) is 12.9. The standard InChI is InChI=1S/C17H17N3O2S/c1-3-22-13-8-9-14-16(10-13)23-17(20(14)2)19-18-11-12-6-4-5-7-15(12)21/h4-11,21H,3H2,1-2H3/b18-11-,19-17+. The Hall–Kier alpha value is -2.60. The van der Waals surface area contributed by atoms with Gasteiger partial charge in [0.2, 0.25) is 4.80 Å². The van der Waals surface area contributed by atoms with Crippen molar-refractivity contribution in [3.05, 3.63) is 52.8 Å². The van der Waals surface area contributed by atoms with E-state index in [1.807, 2.05) is 42.8 Å². The zero-order valence-corrected chi connectivity index (χ0v) is 13.7. The number of aromatic hydroxyl groups is 1. The second-order valence-electron chi connectivity index (χ2n) is 4.91. The number of rotatable bonds is 4. The lowest BCUT2D eigenvalue weighted by atomic mass is 10.2. The average Bonchev–Trinajstić information content (AvgIpc) is 2.85. The fourth-order valence-electron chi connectivity index (χ4n) is 2.20. The fraction of sp³-hybridized carbons (Fsp3) is 0.176. The van der Waals surface area contributed by atoms with E-state index in [0.717, 1.165) is 20.8 Å². The molecular formula is C17H17N3O2S. The Labute approximate surface area is 137 Å². The van der Waals surface area contributed by atoms with E-state index in [4.69, 9.17) is 4.74 Å². The normalized spacial score (nSPS) is 12.3. The van der Waals surface area contributed by atoms with Gasteiger partial charge in [0.05, 0.1) is 23.0 Å². The van der Waals surface area contributed by atoms with Crippen LogP contribution in [0.25, 0.3) is 10.2 Å². The van der Waals surface area contributed by atoms with Crippen LogP contribution >= 0.6 is 11.3 Å². The number of benzene rings is 2. The lowest BCUT2D eigenvalue weighted by molar-refractivity contribution is 0.341. The number of para-hydroxylation sites is 1. The minimum Gasteiger partial charge on any atom is -0.507 e. The van der Waals surface area contributed by atoms with Crippen molar-refractivity contribution in [2.45, 2.75) is 6.92 Å². The van der Waals surface area contributed by atoms with Gasteiger partial charge in [0.1, 0.15) is 11.5 Å². The number of thiazole rings is 1. The molecule has 0 fully saturated rings. The van der Waals surface area contributed by atoms with E-state index in [2.05, 4.69) is 10.2 Å². The van der Waals surface area contributed by atoms with Gasteiger partial charge in [0.25, 0.3) is 0 Å². The topological polar surface area (TPSA) is 59.1 Å². The summed E-state index contributed by atoms with van der Waals surface area (Å²) in [4.78, 5) is 0.778. The first-order valence-corrected chi connectivity index (χ1v) is 8.08. The van der Waals surface area contributed by atoms with Gasteiger partial charge < -0.3 is 14.4 Å². The Balaban J connectivity index is 1.96. The van der Waals surface area contributed by atoms with Crippen molar-refractivity contribution >= 4 is 27.8 Å². The molecule has 1 aromatic heterocycles. The summed E-state index contributed by atoms with van der Waals surface area (Å²) in [5.74, 6) is 1.04. The molecule has 6 heteroatoms. The summed E-state index contributed by atoms with van der Waals surface area (Å²) in [5.41, 5.74) is 1.72. The predicted molar refractivity (Wildman–Crippen MR) is 93.2 cm³/mol. The van der Waals surface area contributed by atoms with Gasteiger partial charge >= 0.3 is 0 Å². The molecule has 0 bridgehead atoms. The van der Waals surface area contributed by atoms with E-state index in [1.165, 1.54) is 0 Å². The summed E-state index contributed by atoms with van der Waals surface area (Å²) in [6.45, 7) is 2.61. The highest BCUT2D eigenvalue weighted by Crippen LogP contribution is 2.22. The first-order chi connectivity index (χ1) is 11.2. The Morgan fingerprint density at radius 2 is 2.09 bits per heavy atom. The molecule has 1 heterocycles. The van der Waals surface area contributed by atoms with E-state index in [9.17, 15) is 5.11 Å². The molecule has 3 rings (SSSR count). The molecule has 0 aliphatic rings. The second kappa shape index (κ2) is 6.66. The highest BCUT2D eigenvalue weighted by atomic mass is 32.1. The second-order valence-corrected chi connectivity index (χ2v) is 5.92. The van der Waals surface area contributed by atoms with Gasteiger partial charge in [-0.2, -0.15) is 5.10 Å². The van der Waals surface area contributed by atoms with Crippen molar-refractivity contribution in [2.75, 3.05) is 6.61 Å². The molecule has 2 aromatic carbocycles. The molecule has 0 atom stereocenters. The SMILES string of the molecule is CCOc1ccc2c(c1)s/c(=N/N=C\c1ccccc1O)n2C. The summed E-state index contributed by atoms with van der Waals surface area (Å²) >= 11 is 1.54. The van der Waals surface area contributed by atoms with Crippen LogP contribution in [0, 0.1) is 0 Å². The monoisotopic (exact) mass is 327 g/mol. The third-order valence-electron chi connectivity index (χ3n) is 3.37. The van der Waals surface area contributed by atoms with Gasteiger partial charge in [-0.15, -0.1) is 5.10 Å². The molecule has 5 nitrogen and oxygen atoms in total. The first-order valence-electron chi connectivity index (χ1n) is 7.26. The summed E-state index contributed by atoms with van der Waals surface area (Å²) in [7, 11) is 1.95. The van der Waals surface area contributed by atoms with Crippen LogP contribution in [0.3, 0.4) is 0 Å². The summed E-state index contributed by atoms with van der Waals surface area (Å²) in [6.07, 6.45) is 1.55. The summed E-state index contributed by atoms with van der Waals surface area (Å²) in [6, 6.07) is 13.0. The average molecular weight is 327 g/mol. The molecule has 0 saturated carbocycles. The highest BCUT2D eigenvalue weighted by molar-refractivity contribution is 7.16. The van der Waals surface area contributed by atoms with E-state index in [-0.39, 0.29) is 5.75 Å². The van der Waals surface area contributed by atoms with Crippen LogP contribution < -0.4 is 9.54 Å². The number of hydrogen-bond acceptors (Lipinski definition) is 5. The number of nitrogens with zero attached hydrogens (tertiary/aromatic N) is 3. The minimum atomic E-state index is 0.188. The van der Waals surface area contributed by atoms with Crippen molar-refractivity contribution in [3.8, 4) is 11.5 Å². The maximum absolute atomic E-state index is 9.71. The molecule has 0 spiro atoms. The van der Waals surface area contributed by atoms with Crippen LogP contribution in [0.5, 0.6) is 11.5 Å². The van der Waals surface area contributed by atoms with Gasteiger partial charge in [0.15, 0.2) is 0 Å². The van der Waals surface area contributed by atoms with Gasteiger partial charge in [-0.25, -0.2) is 0 Å². The highest BCUT2D eigenvalue weighted by Gasteiger charge is 2.04. The van der Waals surface area contributed by atoms with Crippen LogP contribution in [-0.2, 0) is 7.05 Å². The Morgan fingerprint density at radius 3 is 2.87 bits per heavy atom. The van der Waals surface area contributed by atoms with Gasteiger partial charge in [0, 0.05) is 12.6 Å². The van der Waals surface area contributed by atoms with Crippen molar-refractivity contribution in [1.29, 1.82) is 0 Å². The number of phenols is 1. The van der Waals surface area contributed by atoms with E-state index in [1.54, 1.807) is 35.8 Å². The Bertz CT molecular complexity index is 925. The predicted octanol–water partition coefficient (Wildman–Crippen LogP) is 3.28. The van der Waals surface area contributed by atoms with Crippen LogP contribution in [0.2, 0.25) is 0 Å². The molecule has 3 aromatic rings. The number of hydrogen-bond donors (Lipinski definition) is 1. The van der Waals surface area contributed by atoms with Crippen molar-refractivity contribution in [2.24, 2.45) is 17.3 Å². The van der Waals surface area contributed by atoms with Crippen molar-refractivity contribution in [3.63, 3.8) is 0 Å². The Kier molecular flexibility index (Phi) is 4.43. The minimum absolute atomic E-state index is 0.188. The maximum atomic E-state index is 9.71. The largest absolute Gasteiger partial charge is 0.507 e. The van der Waals surface area contributed by atoms with Crippen LogP contribution in [-0.4, -0.2) is 22.5 Å². The molecule has 0 unspecified atom stereocenters. The third-order valence-corrected chi connectivity index (χ3v) is 4.45. The molecule has 0 aliphatic carbocycles. The third kappa shape index (κ3) is 3.27. The van der Waals surface area contributed by atoms with Crippen molar-refractivity contribution in [1.82, 2.24) is 4.57 Å². The maximum Gasteiger partial charge on any atom is 0.211 e. The molecule has 118 valence electrons. The molecule has 0 radical (unpaired) electrons. The molecule has 23 heavy (non-hydrogen) atoms. The van der Waals surface area contributed by atoms with Gasteiger partial charge in [-0.1, -0.05) is 23.5 Å². The van der Waals surface area contributed by atoms with E-state index < -0.39 is 0 Å². The van der Waals surface area contributed by atoms with Crippen LogP contribution in [0.4, 0.5) is 0 Å². The smallest absolute Gasteiger partial charge is 0.211 e. The molecule has 0 saturated heterocycles. The molecule has 0 aliphatic heterocycles. The van der Waals surface area contributed by atoms with Gasteiger partial charge in [-0.05, 0) is 37.3 Å². The van der Waals surface area contributed by atoms with E-state index >= 15 is 0 Å². The lowest BCUT2D eigenvalue weighted by Crippen LogP contribution is -2.08. The molecular weight excluding hydrogens is 310 g/mol. The summed E-state index contributed by atoms with van der Waals surface area (Å²) < 4.78 is 8.60. The molecule has 1 N–H and O–H groups in total. The van der Waals surface area contributed by atoms with Gasteiger partial charge in [-0.3, -0.25) is 0 Å². The number of aromatic nitrogens is 1. The van der Waals surface area contributed by atoms with E-state index in [0.29, 0.717) is 12.2 Å². The number of phenolic OH excluding ortho intramolecular Hbond substituents is 1. The van der Waals surface area contributed by atoms with Crippen molar-refractivity contribution < 1.29 is 9.84 Å². The van der Waals surface area contributed by atoms with Crippen LogP contribution in [0.1, 0.15) is 12.5 Å². The quantitative estimate of drug-likeness (QED) is 0.590. The van der Waals surface area contributed by atoms with Crippen LogP contribution in [0.15, 0.2) is 52.7 Å². The number of ether oxygens (including phenoxy) is 1. The Morgan fingerprint density at radius 1 is 1.26 bits per heavy atom.